The summed E-state index contributed by atoms with van der Waals surface area (Å²) >= 11 is 1.43. The van der Waals surface area contributed by atoms with Crippen LogP contribution in [0.15, 0.2) is 24.1 Å². The van der Waals surface area contributed by atoms with Crippen molar-refractivity contribution < 1.29 is 29.0 Å². The van der Waals surface area contributed by atoms with Crippen molar-refractivity contribution in [2.24, 2.45) is 5.92 Å². The van der Waals surface area contributed by atoms with Crippen LogP contribution in [-0.4, -0.2) is 60.4 Å². The Morgan fingerprint density at radius 3 is 2.26 bits per heavy atom. The molecule has 0 radical (unpaired) electrons. The zero-order valence-electron chi connectivity index (χ0n) is 20.4. The molecule has 1 saturated carbocycles. The van der Waals surface area contributed by atoms with Crippen LogP contribution in [0, 0.1) is 5.92 Å². The summed E-state index contributed by atoms with van der Waals surface area (Å²) in [6.07, 6.45) is 4.73. The van der Waals surface area contributed by atoms with Crippen molar-refractivity contribution in [3.8, 4) is 5.13 Å². The molecule has 2 heterocycles. The summed E-state index contributed by atoms with van der Waals surface area (Å²) in [7, 11) is 0. The highest BCUT2D eigenvalue weighted by Gasteiger charge is 2.62. The smallest absolute Gasteiger partial charge is 0.419 e. The van der Waals surface area contributed by atoms with Crippen molar-refractivity contribution in [3.05, 3.63) is 29.8 Å². The molecule has 34 heavy (non-hydrogen) atoms. The predicted octanol–water partition coefficient (Wildman–Crippen LogP) is 4.62. The second-order valence-corrected chi connectivity index (χ2v) is 11.3. The summed E-state index contributed by atoms with van der Waals surface area (Å²) in [6, 6.07) is 0. The number of amides is 2. The van der Waals surface area contributed by atoms with Crippen molar-refractivity contribution in [2.75, 3.05) is 6.54 Å². The van der Waals surface area contributed by atoms with Crippen LogP contribution in [0.5, 0.6) is 0 Å². The molecule has 0 aromatic carbocycles. The second-order valence-electron chi connectivity index (χ2n) is 10.4. The van der Waals surface area contributed by atoms with Crippen molar-refractivity contribution in [2.45, 2.75) is 77.4 Å². The topological polar surface area (TPSA) is 124 Å². The maximum atomic E-state index is 12.6. The molecule has 186 valence electrons. The van der Waals surface area contributed by atoms with Gasteiger partial charge in [-0.05, 0) is 66.7 Å². The Morgan fingerprint density at radius 2 is 1.76 bits per heavy atom. The SMILES string of the molecule is CC(C)(C)OC(=O)N(CCC[C@H]1C[C@]1(C(=O)O)c1cn(-c2nccs2)cn1)C(=O)OC(C)(C)C. The minimum Gasteiger partial charge on any atom is -0.481 e. The van der Waals surface area contributed by atoms with Crippen LogP contribution in [0.4, 0.5) is 9.59 Å². The number of carbonyl (C=O) groups excluding carboxylic acids is 2. The van der Waals surface area contributed by atoms with Gasteiger partial charge < -0.3 is 14.6 Å². The van der Waals surface area contributed by atoms with E-state index in [9.17, 15) is 19.5 Å². The highest BCUT2D eigenvalue weighted by molar-refractivity contribution is 7.12. The molecule has 3 rings (SSSR count). The lowest BCUT2D eigenvalue weighted by atomic mass is 9.98. The van der Waals surface area contributed by atoms with Crippen molar-refractivity contribution >= 4 is 29.5 Å². The lowest BCUT2D eigenvalue weighted by molar-refractivity contribution is -0.140. The quantitative estimate of drug-likeness (QED) is 0.594. The van der Waals surface area contributed by atoms with Gasteiger partial charge in [0.15, 0.2) is 5.13 Å². The molecule has 11 heteroatoms. The first-order valence-electron chi connectivity index (χ1n) is 11.1. The van der Waals surface area contributed by atoms with E-state index in [1.54, 1.807) is 64.8 Å². The summed E-state index contributed by atoms with van der Waals surface area (Å²) in [4.78, 5) is 47.0. The molecule has 0 bridgehead atoms. The highest BCUT2D eigenvalue weighted by Crippen LogP contribution is 2.56. The summed E-state index contributed by atoms with van der Waals surface area (Å²) < 4.78 is 12.5. The number of carbonyl (C=O) groups is 3. The van der Waals surface area contributed by atoms with Crippen LogP contribution in [0.25, 0.3) is 5.13 Å². The Morgan fingerprint density at radius 1 is 1.15 bits per heavy atom. The Bertz CT molecular complexity index is 1010. The number of thiazole rings is 1. The molecule has 1 fully saturated rings. The molecule has 0 aliphatic heterocycles. The fraction of sp³-hybridized carbons (Fsp3) is 0.609. The second kappa shape index (κ2) is 9.36. The van der Waals surface area contributed by atoms with Crippen LogP contribution < -0.4 is 0 Å². The average molecular weight is 493 g/mol. The van der Waals surface area contributed by atoms with Gasteiger partial charge >= 0.3 is 18.2 Å². The Labute approximate surface area is 202 Å². The van der Waals surface area contributed by atoms with E-state index < -0.39 is 34.8 Å². The lowest BCUT2D eigenvalue weighted by Crippen LogP contribution is -2.44. The fourth-order valence-electron chi connectivity index (χ4n) is 3.75. The molecule has 10 nitrogen and oxygen atoms in total. The van der Waals surface area contributed by atoms with E-state index in [-0.39, 0.29) is 12.5 Å². The maximum Gasteiger partial charge on any atom is 0.419 e. The summed E-state index contributed by atoms with van der Waals surface area (Å²) in [5, 5.41) is 12.5. The van der Waals surface area contributed by atoms with E-state index >= 15 is 0 Å². The van der Waals surface area contributed by atoms with Gasteiger partial charge in [-0.2, -0.15) is 0 Å². The predicted molar refractivity (Wildman–Crippen MR) is 125 cm³/mol. The van der Waals surface area contributed by atoms with Crippen LogP contribution >= 0.6 is 11.3 Å². The Hall–Kier alpha value is -2.95. The molecule has 1 N–H and O–H groups in total. The van der Waals surface area contributed by atoms with Gasteiger partial charge in [0.1, 0.15) is 22.9 Å². The Balaban J connectivity index is 1.67. The van der Waals surface area contributed by atoms with Crippen LogP contribution in [0.1, 0.15) is 66.5 Å². The number of carboxylic acids is 1. The largest absolute Gasteiger partial charge is 0.481 e. The van der Waals surface area contributed by atoms with Crippen molar-refractivity contribution in [3.63, 3.8) is 0 Å². The van der Waals surface area contributed by atoms with Crippen molar-refractivity contribution in [1.29, 1.82) is 0 Å². The third-order valence-electron chi connectivity index (χ3n) is 5.33. The molecule has 0 saturated heterocycles. The van der Waals surface area contributed by atoms with Gasteiger partial charge in [0.25, 0.3) is 0 Å². The number of rotatable bonds is 7. The minimum absolute atomic E-state index is 0.0591. The van der Waals surface area contributed by atoms with E-state index in [0.717, 1.165) is 4.90 Å². The number of hydrogen-bond donors (Lipinski definition) is 1. The number of imidazole rings is 1. The van der Waals surface area contributed by atoms with Gasteiger partial charge in [0, 0.05) is 24.3 Å². The zero-order chi connectivity index (χ0) is 25.3. The zero-order valence-corrected chi connectivity index (χ0v) is 21.2. The molecule has 2 atom stereocenters. The molecular weight excluding hydrogens is 460 g/mol. The third-order valence-corrected chi connectivity index (χ3v) is 6.11. The third kappa shape index (κ3) is 5.94. The van der Waals surface area contributed by atoms with Gasteiger partial charge in [-0.15, -0.1) is 11.3 Å². The molecule has 0 spiro atoms. The number of hydrogen-bond acceptors (Lipinski definition) is 8. The minimum atomic E-state index is -1.08. The molecule has 2 aromatic heterocycles. The van der Waals surface area contributed by atoms with Gasteiger partial charge in [-0.25, -0.2) is 24.5 Å². The molecule has 1 aliphatic carbocycles. The van der Waals surface area contributed by atoms with Gasteiger partial charge in [0.2, 0.25) is 0 Å². The number of imide groups is 1. The number of nitrogens with zero attached hydrogens (tertiary/aromatic N) is 4. The number of aliphatic carboxylic acids is 1. The lowest BCUT2D eigenvalue weighted by Gasteiger charge is -2.28. The Kier molecular flexibility index (Phi) is 7.07. The fourth-order valence-corrected chi connectivity index (χ4v) is 4.34. The monoisotopic (exact) mass is 492 g/mol. The molecule has 1 aliphatic rings. The number of aromatic nitrogens is 3. The standard InChI is InChI=1S/C23H32N4O6S/c1-21(2,3)32-19(30)27(20(31)33-22(4,5)6)10-7-8-15-12-23(15,17(28)29)16-13-26(14-25-16)18-24-9-11-34-18/h9,11,13-15H,7-8,10,12H2,1-6H3,(H,28,29)/t15-,23+/m0/s1. The van der Waals surface area contributed by atoms with E-state index in [1.165, 1.54) is 11.3 Å². The first kappa shape index (κ1) is 25.7. The molecular formula is C23H32N4O6S. The van der Waals surface area contributed by atoms with Crippen LogP contribution in [0.2, 0.25) is 0 Å². The van der Waals surface area contributed by atoms with Gasteiger partial charge in [-0.1, -0.05) is 0 Å². The van der Waals surface area contributed by atoms with E-state index in [4.69, 9.17) is 9.47 Å². The average Bonchev–Trinajstić information content (AvgIpc) is 3.06. The van der Waals surface area contributed by atoms with Gasteiger partial charge in [0.05, 0.1) is 5.69 Å². The van der Waals surface area contributed by atoms with E-state index in [0.29, 0.717) is 30.1 Å². The van der Waals surface area contributed by atoms with Crippen LogP contribution in [0.3, 0.4) is 0 Å². The summed E-state index contributed by atoms with van der Waals surface area (Å²) in [5.41, 5.74) is -2.15. The molecule has 2 aromatic rings. The van der Waals surface area contributed by atoms with E-state index in [2.05, 4.69) is 9.97 Å². The first-order chi connectivity index (χ1) is 15.7. The maximum absolute atomic E-state index is 12.6. The number of ether oxygens (including phenoxy) is 2. The van der Waals surface area contributed by atoms with E-state index in [1.807, 2.05) is 5.38 Å². The molecule has 0 unspecified atom stereocenters. The summed E-state index contributed by atoms with van der Waals surface area (Å²) in [5.74, 6) is -1.10. The van der Waals surface area contributed by atoms with Crippen LogP contribution in [-0.2, 0) is 19.7 Å². The highest BCUT2D eigenvalue weighted by atomic mass is 32.1. The number of carboxylic acid groups (broad SMARTS) is 1. The van der Waals surface area contributed by atoms with Crippen molar-refractivity contribution in [1.82, 2.24) is 19.4 Å². The normalized spacial score (nSPS) is 20.0. The summed E-state index contributed by atoms with van der Waals surface area (Å²) in [6.45, 7) is 10.4. The molecule has 2 amide bonds. The first-order valence-corrected chi connectivity index (χ1v) is 12.0. The van der Waals surface area contributed by atoms with Gasteiger partial charge in [-0.3, -0.25) is 9.36 Å².